The van der Waals surface area contributed by atoms with Crippen LogP contribution < -0.4 is 5.32 Å². The quantitative estimate of drug-likeness (QED) is 0.696. The summed E-state index contributed by atoms with van der Waals surface area (Å²) in [5.41, 5.74) is 2.55. The fourth-order valence-electron chi connectivity index (χ4n) is 2.76. The Bertz CT molecular complexity index is 682. The van der Waals surface area contributed by atoms with Gasteiger partial charge < -0.3 is 10.2 Å². The molecule has 1 amide bonds. The summed E-state index contributed by atoms with van der Waals surface area (Å²) >= 11 is 0. The van der Waals surface area contributed by atoms with Crippen LogP contribution in [0.2, 0.25) is 0 Å². The third-order valence-electron chi connectivity index (χ3n) is 3.94. The van der Waals surface area contributed by atoms with Gasteiger partial charge >= 0.3 is 0 Å². The molecule has 23 heavy (non-hydrogen) atoms. The fourth-order valence-corrected chi connectivity index (χ4v) is 2.76. The molecule has 0 radical (unpaired) electrons. The zero-order valence-electron chi connectivity index (χ0n) is 13.1. The number of aliphatic imine (C=N–C) groups is 1. The molecule has 5 heteroatoms. The summed E-state index contributed by atoms with van der Waals surface area (Å²) in [4.78, 5) is 22.7. The van der Waals surface area contributed by atoms with Crippen LogP contribution in [0, 0.1) is 0 Å². The summed E-state index contributed by atoms with van der Waals surface area (Å²) < 4.78 is 0. The van der Waals surface area contributed by atoms with Gasteiger partial charge in [-0.2, -0.15) is 0 Å². The van der Waals surface area contributed by atoms with Gasteiger partial charge in [0.05, 0.1) is 6.34 Å². The maximum absolute atomic E-state index is 12.3. The number of carbonyl (C=O) groups excluding carboxylic acids is 1. The Labute approximate surface area is 136 Å². The minimum Gasteiger partial charge on any atom is -0.361 e. The zero-order chi connectivity index (χ0) is 16.1. The number of aromatic nitrogens is 1. The number of nitrogens with zero attached hydrogens (tertiary/aromatic N) is 3. The highest BCUT2D eigenvalue weighted by molar-refractivity contribution is 5.92. The molecule has 2 aromatic rings. The molecule has 0 spiro atoms. The molecule has 1 saturated heterocycles. The molecule has 3 rings (SSSR count). The first-order valence-corrected chi connectivity index (χ1v) is 7.75. The summed E-state index contributed by atoms with van der Waals surface area (Å²) in [7, 11) is 1.75. The second-order valence-electron chi connectivity index (χ2n) is 5.63. The molecule has 1 aliphatic heterocycles. The van der Waals surface area contributed by atoms with Crippen molar-refractivity contribution in [1.29, 1.82) is 0 Å². The van der Waals surface area contributed by atoms with Gasteiger partial charge in [-0.3, -0.25) is 14.8 Å². The number of hydrogen-bond acceptors (Lipinski definition) is 3. The van der Waals surface area contributed by atoms with E-state index in [4.69, 9.17) is 0 Å². The van der Waals surface area contributed by atoms with Crippen LogP contribution in [0.5, 0.6) is 0 Å². The largest absolute Gasteiger partial charge is 0.361 e. The second kappa shape index (κ2) is 7.05. The van der Waals surface area contributed by atoms with Crippen molar-refractivity contribution in [2.24, 2.45) is 4.99 Å². The predicted octanol–water partition coefficient (Wildman–Crippen LogP) is 2.21. The first kappa shape index (κ1) is 15.2. The van der Waals surface area contributed by atoms with Crippen LogP contribution in [0.4, 0.5) is 0 Å². The molecule has 1 aromatic carbocycles. The van der Waals surface area contributed by atoms with Crippen molar-refractivity contribution in [3.8, 4) is 11.1 Å². The smallest absolute Gasteiger partial charge is 0.270 e. The highest BCUT2D eigenvalue weighted by Crippen LogP contribution is 2.17. The fraction of sp³-hybridized carbons (Fsp3) is 0.278. The van der Waals surface area contributed by atoms with Gasteiger partial charge in [-0.15, -0.1) is 0 Å². The lowest BCUT2D eigenvalue weighted by molar-refractivity contribution is 0.0934. The Morgan fingerprint density at radius 2 is 2.09 bits per heavy atom. The number of hydrogen-bond donors (Lipinski definition) is 1. The molecular weight excluding hydrogens is 288 g/mol. The van der Waals surface area contributed by atoms with Crippen molar-refractivity contribution in [3.05, 3.63) is 54.4 Å². The van der Waals surface area contributed by atoms with Crippen molar-refractivity contribution in [1.82, 2.24) is 15.2 Å². The van der Waals surface area contributed by atoms with Crippen molar-refractivity contribution in [2.75, 3.05) is 20.1 Å². The standard InChI is InChI=1S/C18H20N4O/c1-19-13-22-10-9-16(12-22)21-18(23)17-8-7-15(11-20-17)14-5-3-2-4-6-14/h2-8,11,13,16H,9-10,12H2,1H3,(H,21,23)/b19-13-/t16-/m1/s1. The number of pyridine rings is 1. The number of amides is 1. The van der Waals surface area contributed by atoms with Crippen molar-refractivity contribution >= 4 is 12.2 Å². The molecule has 1 fully saturated rings. The second-order valence-corrected chi connectivity index (χ2v) is 5.63. The number of benzene rings is 1. The first-order valence-electron chi connectivity index (χ1n) is 7.75. The Kier molecular flexibility index (Phi) is 4.66. The molecule has 1 aliphatic rings. The van der Waals surface area contributed by atoms with Gasteiger partial charge in [0, 0.05) is 37.9 Å². The van der Waals surface area contributed by atoms with Gasteiger partial charge in [-0.05, 0) is 18.1 Å². The van der Waals surface area contributed by atoms with E-state index >= 15 is 0 Å². The Balaban J connectivity index is 1.62. The minimum atomic E-state index is -0.120. The van der Waals surface area contributed by atoms with E-state index in [-0.39, 0.29) is 11.9 Å². The van der Waals surface area contributed by atoms with Crippen LogP contribution in [-0.2, 0) is 0 Å². The van der Waals surface area contributed by atoms with Gasteiger partial charge in [0.1, 0.15) is 5.69 Å². The summed E-state index contributed by atoms with van der Waals surface area (Å²) in [5, 5.41) is 3.04. The first-order chi connectivity index (χ1) is 11.3. The van der Waals surface area contributed by atoms with Crippen molar-refractivity contribution in [2.45, 2.75) is 12.5 Å². The van der Waals surface area contributed by atoms with Crippen LogP contribution in [0.1, 0.15) is 16.9 Å². The average molecular weight is 308 g/mol. The van der Waals surface area contributed by atoms with Crippen LogP contribution in [-0.4, -0.2) is 48.3 Å². The van der Waals surface area contributed by atoms with E-state index < -0.39 is 0 Å². The topological polar surface area (TPSA) is 57.6 Å². The number of nitrogens with one attached hydrogen (secondary N) is 1. The molecule has 1 atom stereocenters. The van der Waals surface area contributed by atoms with E-state index in [0.717, 1.165) is 30.6 Å². The van der Waals surface area contributed by atoms with E-state index in [1.807, 2.05) is 42.7 Å². The van der Waals surface area contributed by atoms with Crippen molar-refractivity contribution < 1.29 is 4.79 Å². The van der Waals surface area contributed by atoms with Crippen molar-refractivity contribution in [3.63, 3.8) is 0 Å². The third kappa shape index (κ3) is 3.74. The Morgan fingerprint density at radius 1 is 1.26 bits per heavy atom. The molecule has 0 bridgehead atoms. The monoisotopic (exact) mass is 308 g/mol. The van der Waals surface area contributed by atoms with Crippen LogP contribution in [0.3, 0.4) is 0 Å². The molecule has 1 aromatic heterocycles. The normalized spacial score (nSPS) is 17.6. The van der Waals surface area contributed by atoms with Crippen LogP contribution in [0.15, 0.2) is 53.7 Å². The lowest BCUT2D eigenvalue weighted by Gasteiger charge is -2.13. The summed E-state index contributed by atoms with van der Waals surface area (Å²) in [6.07, 6.45) is 4.49. The lowest BCUT2D eigenvalue weighted by atomic mass is 10.1. The maximum Gasteiger partial charge on any atom is 0.270 e. The van der Waals surface area contributed by atoms with E-state index in [1.54, 1.807) is 19.3 Å². The molecular formula is C18H20N4O. The minimum absolute atomic E-state index is 0.120. The number of rotatable bonds is 4. The summed E-state index contributed by atoms with van der Waals surface area (Å²) in [6.45, 7) is 1.72. The van der Waals surface area contributed by atoms with Crippen LogP contribution in [0.25, 0.3) is 11.1 Å². The predicted molar refractivity (Wildman–Crippen MR) is 91.5 cm³/mol. The van der Waals surface area contributed by atoms with Gasteiger partial charge in [0.2, 0.25) is 0 Å². The van der Waals surface area contributed by atoms with E-state index in [2.05, 4.69) is 20.2 Å². The Morgan fingerprint density at radius 3 is 2.78 bits per heavy atom. The average Bonchev–Trinajstić information content (AvgIpc) is 3.03. The molecule has 0 aliphatic carbocycles. The van der Waals surface area contributed by atoms with E-state index in [1.165, 1.54) is 0 Å². The molecule has 118 valence electrons. The van der Waals surface area contributed by atoms with Gasteiger partial charge in [-0.1, -0.05) is 36.4 Å². The summed E-state index contributed by atoms with van der Waals surface area (Å²) in [6, 6.07) is 13.9. The molecule has 2 heterocycles. The van der Waals surface area contributed by atoms with Gasteiger partial charge in [0.15, 0.2) is 0 Å². The third-order valence-corrected chi connectivity index (χ3v) is 3.94. The highest BCUT2D eigenvalue weighted by atomic mass is 16.1. The number of carbonyl (C=O) groups is 1. The highest BCUT2D eigenvalue weighted by Gasteiger charge is 2.22. The molecule has 0 saturated carbocycles. The molecule has 5 nitrogen and oxygen atoms in total. The van der Waals surface area contributed by atoms with Gasteiger partial charge in [0.25, 0.3) is 5.91 Å². The lowest BCUT2D eigenvalue weighted by Crippen LogP contribution is -2.37. The van der Waals surface area contributed by atoms with Crippen LogP contribution >= 0.6 is 0 Å². The number of likely N-dealkylation sites (tertiary alicyclic amines) is 1. The maximum atomic E-state index is 12.3. The Hall–Kier alpha value is -2.69. The SMILES string of the molecule is C/N=C\N1CC[C@@H](NC(=O)c2ccc(-c3ccccc3)cn2)C1. The summed E-state index contributed by atoms with van der Waals surface area (Å²) in [5.74, 6) is -0.120. The zero-order valence-corrected chi connectivity index (χ0v) is 13.1. The molecule has 0 unspecified atom stereocenters. The van der Waals surface area contributed by atoms with Gasteiger partial charge in [-0.25, -0.2) is 0 Å². The van der Waals surface area contributed by atoms with E-state index in [9.17, 15) is 4.79 Å². The molecule has 1 N–H and O–H groups in total. The van der Waals surface area contributed by atoms with E-state index in [0.29, 0.717) is 5.69 Å².